The number of thiophene rings is 1. The van der Waals surface area contributed by atoms with Gasteiger partial charge in [-0.1, -0.05) is 0 Å². The van der Waals surface area contributed by atoms with Crippen LogP contribution in [0.1, 0.15) is 43.8 Å². The monoisotopic (exact) mass is 306 g/mol. The summed E-state index contributed by atoms with van der Waals surface area (Å²) in [5, 5.41) is 7.78. The zero-order valence-electron chi connectivity index (χ0n) is 12.2. The first-order chi connectivity index (χ1) is 10.3. The van der Waals surface area contributed by atoms with Crippen molar-refractivity contribution in [2.24, 2.45) is 5.92 Å². The van der Waals surface area contributed by atoms with E-state index in [2.05, 4.69) is 22.1 Å². The minimum atomic E-state index is -0.235. The third kappa shape index (κ3) is 2.74. The third-order valence-electron chi connectivity index (χ3n) is 4.74. The fourth-order valence-corrected chi connectivity index (χ4v) is 3.75. The van der Waals surface area contributed by atoms with Crippen LogP contribution in [0.5, 0.6) is 0 Å². The molecule has 1 amide bonds. The van der Waals surface area contributed by atoms with Crippen molar-refractivity contribution in [3.63, 3.8) is 0 Å². The lowest BCUT2D eigenvalue weighted by molar-refractivity contribution is -0.131. The molecule has 3 aliphatic rings. The van der Waals surface area contributed by atoms with Crippen LogP contribution in [0.4, 0.5) is 0 Å². The van der Waals surface area contributed by atoms with E-state index in [1.165, 1.54) is 18.4 Å². The SMILES string of the molecule is O=C1N(CCCOCC2CC2)C(c2ccsc2)NC12CC2. The van der Waals surface area contributed by atoms with E-state index in [1.54, 1.807) is 11.3 Å². The van der Waals surface area contributed by atoms with Crippen molar-refractivity contribution in [1.29, 1.82) is 0 Å². The molecule has 2 saturated carbocycles. The van der Waals surface area contributed by atoms with Gasteiger partial charge in [-0.05, 0) is 60.4 Å². The van der Waals surface area contributed by atoms with Gasteiger partial charge in [-0.25, -0.2) is 0 Å². The number of hydrogen-bond donors (Lipinski definition) is 1. The van der Waals surface area contributed by atoms with Gasteiger partial charge in [-0.15, -0.1) is 0 Å². The van der Waals surface area contributed by atoms with E-state index in [0.29, 0.717) is 5.91 Å². The molecule has 1 aliphatic heterocycles. The molecule has 0 aromatic carbocycles. The van der Waals surface area contributed by atoms with Crippen LogP contribution < -0.4 is 5.32 Å². The van der Waals surface area contributed by atoms with E-state index in [9.17, 15) is 4.79 Å². The first-order valence-corrected chi connectivity index (χ1v) is 8.91. The van der Waals surface area contributed by atoms with Gasteiger partial charge in [0, 0.05) is 19.8 Å². The van der Waals surface area contributed by atoms with Gasteiger partial charge >= 0.3 is 0 Å². The van der Waals surface area contributed by atoms with Crippen LogP contribution in [0.25, 0.3) is 0 Å². The van der Waals surface area contributed by atoms with Crippen molar-refractivity contribution in [2.45, 2.75) is 43.8 Å². The van der Waals surface area contributed by atoms with Crippen LogP contribution in [0.2, 0.25) is 0 Å². The molecule has 5 heteroatoms. The topological polar surface area (TPSA) is 41.6 Å². The smallest absolute Gasteiger partial charge is 0.244 e. The van der Waals surface area contributed by atoms with E-state index in [0.717, 1.165) is 44.9 Å². The van der Waals surface area contributed by atoms with Gasteiger partial charge in [0.05, 0.1) is 0 Å². The minimum absolute atomic E-state index is 0.0645. The van der Waals surface area contributed by atoms with E-state index in [-0.39, 0.29) is 11.7 Å². The zero-order chi connectivity index (χ0) is 14.3. The van der Waals surface area contributed by atoms with Crippen LogP contribution in [0.15, 0.2) is 16.8 Å². The predicted molar refractivity (Wildman–Crippen MR) is 82.0 cm³/mol. The normalized spacial score (nSPS) is 26.8. The molecular weight excluding hydrogens is 284 g/mol. The molecule has 1 N–H and O–H groups in total. The Labute approximate surface area is 129 Å². The average molecular weight is 306 g/mol. The molecule has 21 heavy (non-hydrogen) atoms. The maximum atomic E-state index is 12.6. The molecule has 4 rings (SSSR count). The molecule has 1 atom stereocenters. The van der Waals surface area contributed by atoms with Crippen molar-refractivity contribution >= 4 is 17.2 Å². The predicted octanol–water partition coefficient (Wildman–Crippen LogP) is 2.53. The first-order valence-electron chi connectivity index (χ1n) is 7.97. The summed E-state index contributed by atoms with van der Waals surface area (Å²) < 4.78 is 5.69. The highest BCUT2D eigenvalue weighted by atomic mass is 32.1. The van der Waals surface area contributed by atoms with Crippen LogP contribution in [0.3, 0.4) is 0 Å². The summed E-state index contributed by atoms with van der Waals surface area (Å²) in [6.45, 7) is 2.46. The molecule has 0 bridgehead atoms. The molecule has 2 aliphatic carbocycles. The second-order valence-corrected chi connectivity index (χ2v) is 7.34. The minimum Gasteiger partial charge on any atom is -0.381 e. The number of amides is 1. The molecule has 4 nitrogen and oxygen atoms in total. The van der Waals surface area contributed by atoms with Gasteiger partial charge < -0.3 is 9.64 Å². The Balaban J connectivity index is 1.35. The lowest BCUT2D eigenvalue weighted by Gasteiger charge is -2.23. The van der Waals surface area contributed by atoms with Crippen molar-refractivity contribution in [1.82, 2.24) is 10.2 Å². The number of carbonyl (C=O) groups is 1. The highest BCUT2D eigenvalue weighted by Crippen LogP contribution is 2.46. The van der Waals surface area contributed by atoms with Gasteiger partial charge in [-0.3, -0.25) is 10.1 Å². The molecule has 114 valence electrons. The van der Waals surface area contributed by atoms with Crippen molar-refractivity contribution in [3.05, 3.63) is 22.4 Å². The Morgan fingerprint density at radius 1 is 1.43 bits per heavy atom. The van der Waals surface area contributed by atoms with Crippen molar-refractivity contribution in [2.75, 3.05) is 19.8 Å². The summed E-state index contributed by atoms with van der Waals surface area (Å²) >= 11 is 1.69. The maximum absolute atomic E-state index is 12.6. The Bertz CT molecular complexity index is 508. The molecule has 1 unspecified atom stereocenters. The van der Waals surface area contributed by atoms with E-state index >= 15 is 0 Å². The van der Waals surface area contributed by atoms with E-state index in [1.807, 2.05) is 4.90 Å². The average Bonchev–Trinajstić information content (AvgIpc) is 3.38. The summed E-state index contributed by atoms with van der Waals surface area (Å²) in [6, 6.07) is 2.12. The summed E-state index contributed by atoms with van der Waals surface area (Å²) in [4.78, 5) is 14.6. The Morgan fingerprint density at radius 2 is 2.29 bits per heavy atom. The zero-order valence-corrected chi connectivity index (χ0v) is 13.0. The van der Waals surface area contributed by atoms with Gasteiger partial charge in [0.1, 0.15) is 11.7 Å². The van der Waals surface area contributed by atoms with E-state index < -0.39 is 0 Å². The number of nitrogens with one attached hydrogen (secondary N) is 1. The summed E-state index contributed by atoms with van der Waals surface area (Å²) in [7, 11) is 0. The standard InChI is InChI=1S/C16H22N2O2S/c19-15-16(5-6-16)17-14(13-4-9-21-11-13)18(15)7-1-8-20-10-12-2-3-12/h4,9,11-12,14,17H,1-3,5-8,10H2. The first kappa shape index (κ1) is 13.7. The third-order valence-corrected chi connectivity index (χ3v) is 5.44. The molecule has 2 heterocycles. The molecule has 1 aromatic heterocycles. The van der Waals surface area contributed by atoms with Crippen LogP contribution in [0, 0.1) is 5.92 Å². The number of hydrogen-bond acceptors (Lipinski definition) is 4. The van der Waals surface area contributed by atoms with Crippen LogP contribution in [-0.4, -0.2) is 36.1 Å². The molecule has 1 spiro atoms. The number of carbonyl (C=O) groups excluding carboxylic acids is 1. The second-order valence-electron chi connectivity index (χ2n) is 6.56. The Hall–Kier alpha value is -0.910. The molecule has 1 saturated heterocycles. The van der Waals surface area contributed by atoms with Gasteiger partial charge in [0.2, 0.25) is 5.91 Å². The highest BCUT2D eigenvalue weighted by Gasteiger charge is 2.59. The van der Waals surface area contributed by atoms with Gasteiger partial charge in [0.15, 0.2) is 0 Å². The Morgan fingerprint density at radius 3 is 2.95 bits per heavy atom. The summed E-state index contributed by atoms with van der Waals surface area (Å²) in [6.07, 6.45) is 5.63. The molecule has 0 radical (unpaired) electrons. The van der Waals surface area contributed by atoms with Gasteiger partial charge in [-0.2, -0.15) is 11.3 Å². The van der Waals surface area contributed by atoms with E-state index in [4.69, 9.17) is 4.74 Å². The molecular formula is C16H22N2O2S. The van der Waals surface area contributed by atoms with Crippen LogP contribution >= 0.6 is 11.3 Å². The fraction of sp³-hybridized carbons (Fsp3) is 0.688. The quantitative estimate of drug-likeness (QED) is 0.787. The van der Waals surface area contributed by atoms with Gasteiger partial charge in [0.25, 0.3) is 0 Å². The second kappa shape index (κ2) is 5.38. The summed E-state index contributed by atoms with van der Waals surface area (Å²) in [5.74, 6) is 1.11. The van der Waals surface area contributed by atoms with Crippen molar-refractivity contribution < 1.29 is 9.53 Å². The number of ether oxygens (including phenoxy) is 1. The van der Waals surface area contributed by atoms with Crippen LogP contribution in [-0.2, 0) is 9.53 Å². The lowest BCUT2D eigenvalue weighted by Crippen LogP contribution is -2.33. The van der Waals surface area contributed by atoms with Crippen molar-refractivity contribution in [3.8, 4) is 0 Å². The highest BCUT2D eigenvalue weighted by molar-refractivity contribution is 7.07. The summed E-state index contributed by atoms with van der Waals surface area (Å²) in [5.41, 5.74) is 0.984. The number of nitrogens with zero attached hydrogens (tertiary/aromatic N) is 1. The fourth-order valence-electron chi connectivity index (χ4n) is 3.07. The Kier molecular flexibility index (Phi) is 3.52. The number of rotatable bonds is 7. The molecule has 3 fully saturated rings. The largest absolute Gasteiger partial charge is 0.381 e. The molecule has 1 aromatic rings. The maximum Gasteiger partial charge on any atom is 0.244 e. The lowest BCUT2D eigenvalue weighted by atomic mass is 10.2.